The van der Waals surface area contributed by atoms with E-state index in [1.807, 2.05) is 30.3 Å². The number of carboxylic acids is 1. The third kappa shape index (κ3) is 3.77. The molecule has 0 aliphatic rings. The Hall–Kier alpha value is -1.90. The smallest absolute Gasteiger partial charge is 0.328 e. The van der Waals surface area contributed by atoms with E-state index in [4.69, 9.17) is 5.11 Å². The maximum atomic E-state index is 10.7. The van der Waals surface area contributed by atoms with Gasteiger partial charge in [-0.3, -0.25) is 4.99 Å². The second-order valence-electron chi connectivity index (χ2n) is 3.07. The molecule has 3 nitrogen and oxygen atoms in total. The van der Waals surface area contributed by atoms with Crippen LogP contribution in [-0.2, 0) is 4.79 Å². The molecule has 0 bridgehead atoms. The molecule has 1 unspecified atom stereocenters. The van der Waals surface area contributed by atoms with Crippen molar-refractivity contribution >= 4 is 12.2 Å². The Bertz CT molecular complexity index is 357. The number of aliphatic imine (C=N–C) groups is 1. The van der Waals surface area contributed by atoms with Gasteiger partial charge in [0, 0.05) is 6.21 Å². The minimum atomic E-state index is -0.929. The predicted octanol–water partition coefficient (Wildman–Crippen LogP) is 2.13. The van der Waals surface area contributed by atoms with Gasteiger partial charge in [-0.1, -0.05) is 36.4 Å². The van der Waals surface area contributed by atoms with Crippen LogP contribution in [0.2, 0.25) is 0 Å². The maximum Gasteiger partial charge on any atom is 0.328 e. The average molecular weight is 203 g/mol. The van der Waals surface area contributed by atoms with Crippen molar-refractivity contribution in [2.24, 2.45) is 4.99 Å². The Balaban J connectivity index is 2.69. The Kier molecular flexibility index (Phi) is 4.29. The molecule has 0 aliphatic heterocycles. The highest BCUT2D eigenvalue weighted by Crippen LogP contribution is 2.01. The van der Waals surface area contributed by atoms with Gasteiger partial charge in [-0.05, 0) is 12.0 Å². The van der Waals surface area contributed by atoms with Crippen LogP contribution in [0.4, 0.5) is 0 Å². The molecule has 1 aromatic rings. The molecule has 78 valence electrons. The summed E-state index contributed by atoms with van der Waals surface area (Å²) >= 11 is 0. The SMILES string of the molecule is C=CCC(N=Cc1ccccc1)C(=O)O. The number of rotatable bonds is 5. The monoisotopic (exact) mass is 203 g/mol. The van der Waals surface area contributed by atoms with Crippen LogP contribution in [0.15, 0.2) is 48.0 Å². The van der Waals surface area contributed by atoms with Crippen LogP contribution < -0.4 is 0 Å². The third-order valence-corrected chi connectivity index (χ3v) is 1.88. The van der Waals surface area contributed by atoms with Crippen molar-refractivity contribution in [2.75, 3.05) is 0 Å². The molecule has 15 heavy (non-hydrogen) atoms. The fourth-order valence-corrected chi connectivity index (χ4v) is 1.10. The van der Waals surface area contributed by atoms with Crippen LogP contribution in [-0.4, -0.2) is 23.3 Å². The van der Waals surface area contributed by atoms with E-state index < -0.39 is 12.0 Å². The van der Waals surface area contributed by atoms with Gasteiger partial charge in [0.15, 0.2) is 6.04 Å². The molecule has 0 spiro atoms. The molecule has 1 atom stereocenters. The summed E-state index contributed by atoms with van der Waals surface area (Å²) in [6, 6.07) is 8.67. The maximum absolute atomic E-state index is 10.7. The van der Waals surface area contributed by atoms with E-state index >= 15 is 0 Å². The second-order valence-corrected chi connectivity index (χ2v) is 3.07. The highest BCUT2D eigenvalue weighted by Gasteiger charge is 2.12. The molecule has 0 aromatic heterocycles. The van der Waals surface area contributed by atoms with Gasteiger partial charge < -0.3 is 5.11 Å². The molecular weight excluding hydrogens is 190 g/mol. The van der Waals surface area contributed by atoms with Gasteiger partial charge in [-0.25, -0.2) is 4.79 Å². The van der Waals surface area contributed by atoms with E-state index in [-0.39, 0.29) is 0 Å². The first-order chi connectivity index (χ1) is 7.24. The summed E-state index contributed by atoms with van der Waals surface area (Å²) in [6.45, 7) is 3.50. The minimum Gasteiger partial charge on any atom is -0.480 e. The summed E-state index contributed by atoms with van der Waals surface area (Å²) in [6.07, 6.45) is 3.47. The molecule has 3 heteroatoms. The molecule has 0 saturated carbocycles. The zero-order valence-corrected chi connectivity index (χ0v) is 8.34. The van der Waals surface area contributed by atoms with Crippen LogP contribution in [0.3, 0.4) is 0 Å². The molecule has 1 aromatic carbocycles. The van der Waals surface area contributed by atoms with Crippen molar-refractivity contribution in [3.8, 4) is 0 Å². The minimum absolute atomic E-state index is 0.346. The molecular formula is C12H13NO2. The summed E-state index contributed by atoms with van der Waals surface area (Å²) < 4.78 is 0. The van der Waals surface area contributed by atoms with Crippen molar-refractivity contribution in [1.82, 2.24) is 0 Å². The number of carbonyl (C=O) groups is 1. The molecule has 0 amide bonds. The molecule has 0 fully saturated rings. The normalized spacial score (nSPS) is 12.5. The van der Waals surface area contributed by atoms with Gasteiger partial charge >= 0.3 is 5.97 Å². The molecule has 0 heterocycles. The first-order valence-electron chi connectivity index (χ1n) is 4.66. The number of hydrogen-bond acceptors (Lipinski definition) is 2. The summed E-state index contributed by atoms with van der Waals surface area (Å²) in [5, 5.41) is 8.82. The molecule has 1 N–H and O–H groups in total. The standard InChI is InChI=1S/C12H13NO2/c1-2-6-11(12(14)15)13-9-10-7-4-3-5-8-10/h2-5,7-9,11H,1,6H2,(H,14,15). The van der Waals surface area contributed by atoms with E-state index in [2.05, 4.69) is 11.6 Å². The van der Waals surface area contributed by atoms with E-state index in [1.165, 1.54) is 0 Å². The summed E-state index contributed by atoms with van der Waals surface area (Å²) in [7, 11) is 0. The van der Waals surface area contributed by atoms with E-state index in [0.29, 0.717) is 6.42 Å². The van der Waals surface area contributed by atoms with E-state index in [1.54, 1.807) is 12.3 Å². The van der Waals surface area contributed by atoms with Gasteiger partial charge in [-0.15, -0.1) is 6.58 Å². The van der Waals surface area contributed by atoms with Crippen LogP contribution >= 0.6 is 0 Å². The summed E-state index contributed by atoms with van der Waals surface area (Å²) in [5.74, 6) is -0.929. The van der Waals surface area contributed by atoms with Gasteiger partial charge in [-0.2, -0.15) is 0 Å². The largest absolute Gasteiger partial charge is 0.480 e. The predicted molar refractivity (Wildman–Crippen MR) is 60.3 cm³/mol. The lowest BCUT2D eigenvalue weighted by Crippen LogP contribution is -2.16. The van der Waals surface area contributed by atoms with E-state index in [9.17, 15) is 4.79 Å². The highest BCUT2D eigenvalue weighted by atomic mass is 16.4. The fraction of sp³-hybridized carbons (Fsp3) is 0.167. The average Bonchev–Trinajstić information content (AvgIpc) is 2.25. The number of nitrogens with zero attached hydrogens (tertiary/aromatic N) is 1. The van der Waals surface area contributed by atoms with E-state index in [0.717, 1.165) is 5.56 Å². The van der Waals surface area contributed by atoms with Crippen molar-refractivity contribution in [3.05, 3.63) is 48.6 Å². The molecule has 0 aliphatic carbocycles. The number of hydrogen-bond donors (Lipinski definition) is 1. The quantitative estimate of drug-likeness (QED) is 0.588. The fourth-order valence-electron chi connectivity index (χ4n) is 1.10. The van der Waals surface area contributed by atoms with Crippen LogP contribution in [0.1, 0.15) is 12.0 Å². The number of benzene rings is 1. The first kappa shape index (κ1) is 11.2. The number of carboxylic acid groups (broad SMARTS) is 1. The van der Waals surface area contributed by atoms with Gasteiger partial charge in [0.2, 0.25) is 0 Å². The lowest BCUT2D eigenvalue weighted by atomic mass is 10.2. The Morgan fingerprint density at radius 1 is 1.47 bits per heavy atom. The Morgan fingerprint density at radius 3 is 2.67 bits per heavy atom. The lowest BCUT2D eigenvalue weighted by molar-refractivity contribution is -0.138. The molecule has 0 radical (unpaired) electrons. The van der Waals surface area contributed by atoms with Gasteiger partial charge in [0.05, 0.1) is 0 Å². The van der Waals surface area contributed by atoms with Crippen LogP contribution in [0.5, 0.6) is 0 Å². The van der Waals surface area contributed by atoms with Crippen LogP contribution in [0, 0.1) is 0 Å². The lowest BCUT2D eigenvalue weighted by Gasteiger charge is -2.02. The number of aliphatic carboxylic acids is 1. The van der Waals surface area contributed by atoms with Crippen LogP contribution in [0.25, 0.3) is 0 Å². The third-order valence-electron chi connectivity index (χ3n) is 1.88. The zero-order valence-electron chi connectivity index (χ0n) is 8.34. The van der Waals surface area contributed by atoms with Gasteiger partial charge in [0.25, 0.3) is 0 Å². The van der Waals surface area contributed by atoms with Crippen molar-refractivity contribution < 1.29 is 9.90 Å². The van der Waals surface area contributed by atoms with Gasteiger partial charge in [0.1, 0.15) is 0 Å². The molecule has 1 rings (SSSR count). The summed E-state index contributed by atoms with van der Waals surface area (Å²) in [5.41, 5.74) is 0.896. The topological polar surface area (TPSA) is 49.7 Å². The second kappa shape index (κ2) is 5.75. The first-order valence-corrected chi connectivity index (χ1v) is 4.66. The van der Waals surface area contributed by atoms with Crippen molar-refractivity contribution in [1.29, 1.82) is 0 Å². The van der Waals surface area contributed by atoms with Crippen molar-refractivity contribution in [3.63, 3.8) is 0 Å². The Morgan fingerprint density at radius 2 is 2.13 bits per heavy atom. The Labute approximate surface area is 88.8 Å². The highest BCUT2D eigenvalue weighted by molar-refractivity contribution is 5.83. The summed E-state index contributed by atoms with van der Waals surface area (Å²) in [4.78, 5) is 14.7. The zero-order chi connectivity index (χ0) is 11.1. The molecule has 0 saturated heterocycles. The van der Waals surface area contributed by atoms with Crippen molar-refractivity contribution in [2.45, 2.75) is 12.5 Å².